The monoisotopic (exact) mass is 430 g/mol. The molecule has 0 spiro atoms. The van der Waals surface area contributed by atoms with E-state index in [1.54, 1.807) is 55.6 Å². The molecule has 1 aliphatic carbocycles. The molecule has 0 heterocycles. The van der Waals surface area contributed by atoms with Crippen molar-refractivity contribution in [2.45, 2.75) is 56.4 Å². The number of ether oxygens (including phenoxy) is 1. The third-order valence-electron chi connectivity index (χ3n) is 5.47. The summed E-state index contributed by atoms with van der Waals surface area (Å²) >= 11 is 0. The molecule has 0 aromatic heterocycles. The fourth-order valence-electron chi connectivity index (χ4n) is 3.64. The van der Waals surface area contributed by atoms with Crippen molar-refractivity contribution in [3.63, 3.8) is 0 Å². The summed E-state index contributed by atoms with van der Waals surface area (Å²) in [5, 5.41) is 2.80. The van der Waals surface area contributed by atoms with Crippen molar-refractivity contribution in [1.82, 2.24) is 4.31 Å². The molecule has 3 rings (SSSR count). The summed E-state index contributed by atoms with van der Waals surface area (Å²) in [4.78, 5) is 12.7. The second-order valence-electron chi connectivity index (χ2n) is 7.66. The molecule has 1 amide bonds. The number of hydrogen-bond acceptors (Lipinski definition) is 4. The highest BCUT2D eigenvalue weighted by Crippen LogP contribution is 2.27. The van der Waals surface area contributed by atoms with Crippen LogP contribution >= 0.6 is 0 Å². The maximum absolute atomic E-state index is 12.9. The van der Waals surface area contributed by atoms with Gasteiger partial charge in [0.1, 0.15) is 5.75 Å². The van der Waals surface area contributed by atoms with Crippen molar-refractivity contribution in [3.8, 4) is 5.75 Å². The van der Waals surface area contributed by atoms with Gasteiger partial charge in [-0.3, -0.25) is 4.79 Å². The first-order valence-electron chi connectivity index (χ1n) is 10.5. The van der Waals surface area contributed by atoms with Gasteiger partial charge in [-0.25, -0.2) is 8.42 Å². The van der Waals surface area contributed by atoms with Crippen LogP contribution < -0.4 is 10.1 Å². The molecule has 0 atom stereocenters. The van der Waals surface area contributed by atoms with Gasteiger partial charge in [-0.1, -0.05) is 26.2 Å². The maximum atomic E-state index is 12.9. The first-order valence-corrected chi connectivity index (χ1v) is 12.0. The Balaban J connectivity index is 1.64. The first kappa shape index (κ1) is 22.3. The van der Waals surface area contributed by atoms with E-state index in [2.05, 4.69) is 5.32 Å². The van der Waals surface area contributed by atoms with Gasteiger partial charge < -0.3 is 10.1 Å². The number of amides is 1. The van der Waals surface area contributed by atoms with Gasteiger partial charge >= 0.3 is 0 Å². The molecule has 7 heteroatoms. The van der Waals surface area contributed by atoms with Gasteiger partial charge in [0, 0.05) is 24.3 Å². The van der Waals surface area contributed by atoms with Crippen LogP contribution in [0.2, 0.25) is 0 Å². The standard InChI is InChI=1S/C23H30N2O4S/c1-3-17-29-21-13-9-18(10-14-21)23(26)24-19-11-15-22(16-12-19)30(27,28)25(2)20-7-5-4-6-8-20/h9-16,20H,3-8,17H2,1-2H3,(H,24,26). The van der Waals surface area contributed by atoms with E-state index >= 15 is 0 Å². The van der Waals surface area contributed by atoms with E-state index in [1.807, 2.05) is 6.92 Å². The SMILES string of the molecule is CCCOc1ccc(C(=O)Nc2ccc(S(=O)(=O)N(C)C3CCCCC3)cc2)cc1. The number of hydrogen-bond donors (Lipinski definition) is 1. The normalized spacial score (nSPS) is 15.2. The second kappa shape index (κ2) is 10.1. The lowest BCUT2D eigenvalue weighted by atomic mass is 9.96. The fourth-order valence-corrected chi connectivity index (χ4v) is 5.06. The van der Waals surface area contributed by atoms with Crippen LogP contribution in [0, 0.1) is 0 Å². The number of nitrogens with one attached hydrogen (secondary N) is 1. The Bertz CT molecular complexity index is 934. The third kappa shape index (κ3) is 5.40. The number of nitrogens with zero attached hydrogens (tertiary/aromatic N) is 1. The molecule has 162 valence electrons. The van der Waals surface area contributed by atoms with Gasteiger partial charge in [-0.2, -0.15) is 4.31 Å². The molecule has 0 unspecified atom stereocenters. The summed E-state index contributed by atoms with van der Waals surface area (Å²) in [7, 11) is -1.88. The summed E-state index contributed by atoms with van der Waals surface area (Å²) in [6.45, 7) is 2.67. The molecule has 2 aromatic rings. The maximum Gasteiger partial charge on any atom is 0.255 e. The second-order valence-corrected chi connectivity index (χ2v) is 9.66. The summed E-state index contributed by atoms with van der Waals surface area (Å²) < 4.78 is 32.9. The van der Waals surface area contributed by atoms with E-state index in [9.17, 15) is 13.2 Å². The van der Waals surface area contributed by atoms with Gasteiger partial charge in [0.25, 0.3) is 5.91 Å². The molecule has 2 aromatic carbocycles. The zero-order valence-electron chi connectivity index (χ0n) is 17.6. The van der Waals surface area contributed by atoms with Crippen LogP contribution in [0.3, 0.4) is 0 Å². The molecule has 6 nitrogen and oxygen atoms in total. The third-order valence-corrected chi connectivity index (χ3v) is 7.39. The Morgan fingerprint density at radius 1 is 1.03 bits per heavy atom. The quantitative estimate of drug-likeness (QED) is 0.660. The predicted octanol–water partition coefficient (Wildman–Crippen LogP) is 4.68. The van der Waals surface area contributed by atoms with Crippen molar-refractivity contribution >= 4 is 21.6 Å². The summed E-state index contributed by atoms with van der Waals surface area (Å²) in [5.41, 5.74) is 1.05. The molecule has 0 radical (unpaired) electrons. The summed E-state index contributed by atoms with van der Waals surface area (Å²) in [5.74, 6) is 0.469. The first-order chi connectivity index (χ1) is 14.4. The van der Waals surface area contributed by atoms with Gasteiger partial charge in [0.2, 0.25) is 10.0 Å². The lowest BCUT2D eigenvalue weighted by molar-refractivity contribution is 0.102. The predicted molar refractivity (Wildman–Crippen MR) is 118 cm³/mol. The molecule has 1 aliphatic rings. The highest BCUT2D eigenvalue weighted by atomic mass is 32.2. The van der Waals surface area contributed by atoms with Crippen LogP contribution in [0.4, 0.5) is 5.69 Å². The van der Waals surface area contributed by atoms with E-state index in [0.717, 1.165) is 37.9 Å². The molecular weight excluding hydrogens is 400 g/mol. The molecule has 30 heavy (non-hydrogen) atoms. The van der Waals surface area contributed by atoms with Crippen LogP contribution in [-0.4, -0.2) is 38.3 Å². The number of carbonyl (C=O) groups is 1. The lowest BCUT2D eigenvalue weighted by Crippen LogP contribution is -2.38. The van der Waals surface area contributed by atoms with Gasteiger partial charge in [0.15, 0.2) is 0 Å². The minimum Gasteiger partial charge on any atom is -0.494 e. The van der Waals surface area contributed by atoms with E-state index in [1.165, 1.54) is 10.7 Å². The van der Waals surface area contributed by atoms with Crippen LogP contribution in [-0.2, 0) is 10.0 Å². The minimum absolute atomic E-state index is 0.0624. The molecule has 0 aliphatic heterocycles. The molecule has 0 saturated heterocycles. The van der Waals surface area contributed by atoms with E-state index < -0.39 is 10.0 Å². The van der Waals surface area contributed by atoms with E-state index in [0.29, 0.717) is 17.9 Å². The molecule has 0 bridgehead atoms. The average molecular weight is 431 g/mol. The lowest BCUT2D eigenvalue weighted by Gasteiger charge is -2.30. The number of sulfonamides is 1. The Kier molecular flexibility index (Phi) is 7.50. The van der Waals surface area contributed by atoms with Crippen molar-refractivity contribution in [2.24, 2.45) is 0 Å². The fraction of sp³-hybridized carbons (Fsp3) is 0.435. The smallest absolute Gasteiger partial charge is 0.255 e. The zero-order valence-corrected chi connectivity index (χ0v) is 18.5. The number of rotatable bonds is 8. The molecule has 1 saturated carbocycles. The Labute approximate surface area is 179 Å². The van der Waals surface area contributed by atoms with Crippen molar-refractivity contribution < 1.29 is 17.9 Å². The summed E-state index contributed by atoms with van der Waals surface area (Å²) in [6.07, 6.45) is 6.05. The molecular formula is C23H30N2O4S. The molecule has 1 N–H and O–H groups in total. The number of anilines is 1. The van der Waals surface area contributed by atoms with Crippen LogP contribution in [0.15, 0.2) is 53.4 Å². The van der Waals surface area contributed by atoms with Gasteiger partial charge in [0.05, 0.1) is 11.5 Å². The Morgan fingerprint density at radius 2 is 1.67 bits per heavy atom. The Hall–Kier alpha value is -2.38. The number of carbonyl (C=O) groups excluding carboxylic acids is 1. The summed E-state index contributed by atoms with van der Waals surface area (Å²) in [6, 6.07) is 13.3. The zero-order chi connectivity index (χ0) is 21.6. The topological polar surface area (TPSA) is 75.7 Å². The highest BCUT2D eigenvalue weighted by molar-refractivity contribution is 7.89. The Morgan fingerprint density at radius 3 is 2.27 bits per heavy atom. The van der Waals surface area contributed by atoms with Gasteiger partial charge in [-0.05, 0) is 67.8 Å². The highest BCUT2D eigenvalue weighted by Gasteiger charge is 2.28. The van der Waals surface area contributed by atoms with Crippen molar-refractivity contribution in [2.75, 3.05) is 19.0 Å². The largest absolute Gasteiger partial charge is 0.494 e. The molecule has 1 fully saturated rings. The van der Waals surface area contributed by atoms with E-state index in [4.69, 9.17) is 4.74 Å². The van der Waals surface area contributed by atoms with E-state index in [-0.39, 0.29) is 16.8 Å². The van der Waals surface area contributed by atoms with Gasteiger partial charge in [-0.15, -0.1) is 0 Å². The number of benzene rings is 2. The van der Waals surface area contributed by atoms with Crippen LogP contribution in [0.1, 0.15) is 55.8 Å². The van der Waals surface area contributed by atoms with Crippen molar-refractivity contribution in [3.05, 3.63) is 54.1 Å². The van der Waals surface area contributed by atoms with Crippen LogP contribution in [0.5, 0.6) is 5.75 Å². The van der Waals surface area contributed by atoms with Crippen LogP contribution in [0.25, 0.3) is 0 Å². The minimum atomic E-state index is -3.54. The average Bonchev–Trinajstić information content (AvgIpc) is 2.78. The van der Waals surface area contributed by atoms with Crippen molar-refractivity contribution in [1.29, 1.82) is 0 Å².